The van der Waals surface area contributed by atoms with Gasteiger partial charge in [0.1, 0.15) is 41.6 Å². The second kappa shape index (κ2) is 33.7. The van der Waals surface area contributed by atoms with Crippen LogP contribution < -0.4 is 76.9 Å². The second-order valence-corrected chi connectivity index (χ2v) is 17.2. The lowest BCUT2D eigenvalue weighted by Gasteiger charge is -2.27. The molecule has 9 amide bonds. The zero-order valence-corrected chi connectivity index (χ0v) is 41.6. The molecule has 23 N–H and O–H groups in total. The number of carbonyl (C=O) groups is 9. The molecule has 1 aliphatic heterocycles. The van der Waals surface area contributed by atoms with Gasteiger partial charge in [0, 0.05) is 37.9 Å². The standard InChI is InChI=1S/C44H77N19O10/c1-25(57-42(72)35(33(64)21-48)62-38(68)28(52-2)10-3-5-15-45)37(67)55-23-34(65)58-30(12-7-17-47)43(73)63-19-9-14-32(63)41(71)61-31(20-26-22-53-24-56-26)40(70)60-29(11-4-6-16-46)39(69)59-27(36(49)66)13-8-18-54-44(50)51/h13,22,24-25,28-29,31-33,35,52,64H,3-12,14-21,23,45-48H2,1-2H3,(H2,49,66)(H,53,56)(H,55,67)(H,57,72)(H,59,69)(H,60,70)(H,61,71)(H,62,68)(H4,50,51,54)/b27-13-,58-30+/t25-,28-,29-,31-,32-,33-,35-/m0/s1. The van der Waals surface area contributed by atoms with Crippen molar-refractivity contribution in [3.05, 3.63) is 30.0 Å². The van der Waals surface area contributed by atoms with Crippen molar-refractivity contribution in [1.82, 2.24) is 57.4 Å². The fourth-order valence-electron chi connectivity index (χ4n) is 7.41. The topological polar surface area (TPSA) is 494 Å². The Morgan fingerprint density at radius 1 is 0.849 bits per heavy atom. The number of amides is 9. The SMILES string of the molecule is CN[C@@H](CCCCN)C(=O)N[C@H](C(=O)N[C@@H](C)C(=O)NCC(=O)/N=C(\CCCN)C(=O)N1CCC[C@H]1C(=O)N[C@@H](Cc1cnc[nH]1)C(=O)N[C@@H](CCCCN)C(=O)N/C(=C\CCNC(=N)N)C(N)=O)[C@@H](O)CN. The van der Waals surface area contributed by atoms with E-state index < -0.39 is 109 Å². The van der Waals surface area contributed by atoms with Crippen LogP contribution in [0.2, 0.25) is 0 Å². The number of likely N-dealkylation sites (tertiary alicyclic amines) is 1. The molecule has 1 fully saturated rings. The maximum absolute atomic E-state index is 14.1. The van der Waals surface area contributed by atoms with Gasteiger partial charge >= 0.3 is 0 Å². The van der Waals surface area contributed by atoms with Crippen LogP contribution in [0, 0.1) is 5.41 Å². The van der Waals surface area contributed by atoms with Gasteiger partial charge in [0.25, 0.3) is 17.7 Å². The number of H-pyrrole nitrogens is 1. The Labute approximate surface area is 423 Å². The molecule has 0 radical (unpaired) electrons. The van der Waals surface area contributed by atoms with E-state index in [0.717, 1.165) is 0 Å². The van der Waals surface area contributed by atoms with Gasteiger partial charge in [0.2, 0.25) is 35.4 Å². The summed E-state index contributed by atoms with van der Waals surface area (Å²) in [7, 11) is 1.56. The van der Waals surface area contributed by atoms with Crippen LogP contribution in [0.15, 0.2) is 29.3 Å². The van der Waals surface area contributed by atoms with E-state index in [9.17, 15) is 48.3 Å². The van der Waals surface area contributed by atoms with E-state index >= 15 is 0 Å². The number of aliphatic hydroxyl groups excluding tert-OH is 1. The maximum Gasteiger partial charge on any atom is 0.269 e. The number of guanidine groups is 1. The van der Waals surface area contributed by atoms with Crippen LogP contribution in [0.25, 0.3) is 0 Å². The van der Waals surface area contributed by atoms with Gasteiger partial charge in [0.15, 0.2) is 5.96 Å². The minimum Gasteiger partial charge on any atom is -0.389 e. The number of aliphatic hydroxyl groups is 1. The van der Waals surface area contributed by atoms with Crippen molar-refractivity contribution in [2.45, 2.75) is 126 Å². The van der Waals surface area contributed by atoms with Gasteiger partial charge < -0.3 is 91.9 Å². The quantitative estimate of drug-likeness (QED) is 0.0132. The van der Waals surface area contributed by atoms with Crippen molar-refractivity contribution < 1.29 is 48.3 Å². The third-order valence-electron chi connectivity index (χ3n) is 11.4. The first-order valence-corrected chi connectivity index (χ1v) is 24.2. The molecule has 7 atom stereocenters. The van der Waals surface area contributed by atoms with Gasteiger partial charge in [-0.2, -0.15) is 0 Å². The zero-order valence-electron chi connectivity index (χ0n) is 41.6. The third kappa shape index (κ3) is 22.2. The van der Waals surface area contributed by atoms with Crippen LogP contribution in [0.4, 0.5) is 0 Å². The Morgan fingerprint density at radius 2 is 1.51 bits per heavy atom. The highest BCUT2D eigenvalue weighted by molar-refractivity contribution is 6.40. The molecule has 0 aliphatic carbocycles. The lowest BCUT2D eigenvalue weighted by atomic mass is 10.1. The molecule has 29 nitrogen and oxygen atoms in total. The predicted molar refractivity (Wildman–Crippen MR) is 268 cm³/mol. The van der Waals surface area contributed by atoms with Crippen LogP contribution in [0.3, 0.4) is 0 Å². The molecule has 0 saturated carbocycles. The summed E-state index contributed by atoms with van der Waals surface area (Å²) in [6, 6.07) is -7.22. The minimum atomic E-state index is -1.53. The van der Waals surface area contributed by atoms with Crippen LogP contribution in [-0.4, -0.2) is 180 Å². The summed E-state index contributed by atoms with van der Waals surface area (Å²) in [6.07, 6.45) is 5.98. The normalized spacial score (nSPS) is 16.2. The maximum atomic E-state index is 14.1. The number of rotatable bonds is 34. The summed E-state index contributed by atoms with van der Waals surface area (Å²) < 4.78 is 0. The molecular formula is C44H77N19O10. The van der Waals surface area contributed by atoms with E-state index in [1.807, 2.05) is 0 Å². The van der Waals surface area contributed by atoms with Crippen molar-refractivity contribution in [1.29, 1.82) is 5.41 Å². The Morgan fingerprint density at radius 3 is 2.10 bits per heavy atom. The number of nitrogens with one attached hydrogen (secondary N) is 10. The number of aliphatic imine (C=N–C) groups is 1. The summed E-state index contributed by atoms with van der Waals surface area (Å²) in [6.45, 7) is 1.25. The highest BCUT2D eigenvalue weighted by Crippen LogP contribution is 2.20. The molecule has 1 aromatic heterocycles. The van der Waals surface area contributed by atoms with E-state index in [0.29, 0.717) is 57.3 Å². The number of hydrogen-bond acceptors (Lipinski definition) is 17. The molecule has 0 spiro atoms. The van der Waals surface area contributed by atoms with E-state index in [1.54, 1.807) is 7.05 Å². The lowest BCUT2D eigenvalue weighted by Crippen LogP contribution is -2.60. The van der Waals surface area contributed by atoms with Gasteiger partial charge in [-0.25, -0.2) is 9.98 Å². The number of imidazole rings is 1. The monoisotopic (exact) mass is 1030 g/mol. The molecule has 29 heteroatoms. The average molecular weight is 1030 g/mol. The Kier molecular flexibility index (Phi) is 28.7. The number of likely N-dealkylation sites (N-methyl/N-ethyl adjacent to an activating group) is 1. The molecule has 2 rings (SSSR count). The summed E-state index contributed by atoms with van der Waals surface area (Å²) in [4.78, 5) is 133. The van der Waals surface area contributed by atoms with Crippen molar-refractivity contribution in [2.75, 3.05) is 52.9 Å². The third-order valence-corrected chi connectivity index (χ3v) is 11.4. The average Bonchev–Trinajstić information content (AvgIpc) is 4.08. The number of nitrogens with two attached hydrogens (primary N) is 6. The molecule has 1 aromatic rings. The molecule has 73 heavy (non-hydrogen) atoms. The summed E-state index contributed by atoms with van der Waals surface area (Å²) in [5.41, 5.74) is 33.3. The number of nitrogens with zero attached hydrogens (tertiary/aromatic N) is 3. The van der Waals surface area contributed by atoms with Crippen LogP contribution in [-0.2, 0) is 49.6 Å². The zero-order chi connectivity index (χ0) is 54.5. The number of aromatic nitrogens is 2. The van der Waals surface area contributed by atoms with E-state index in [2.05, 4.69) is 57.5 Å². The Bertz CT molecular complexity index is 2070. The van der Waals surface area contributed by atoms with Crippen molar-refractivity contribution in [3.8, 4) is 0 Å². The molecule has 1 saturated heterocycles. The first kappa shape index (κ1) is 62.2. The lowest BCUT2D eigenvalue weighted by molar-refractivity contribution is -0.136. The van der Waals surface area contributed by atoms with Gasteiger partial charge in [-0.1, -0.05) is 12.5 Å². The second-order valence-electron chi connectivity index (χ2n) is 17.2. The predicted octanol–water partition coefficient (Wildman–Crippen LogP) is -6.75. The largest absolute Gasteiger partial charge is 0.389 e. The van der Waals surface area contributed by atoms with Crippen LogP contribution in [0.1, 0.15) is 83.2 Å². The molecule has 0 unspecified atom stereocenters. The van der Waals surface area contributed by atoms with Crippen LogP contribution in [0.5, 0.6) is 0 Å². The van der Waals surface area contributed by atoms with Gasteiger partial charge in [0.05, 0.1) is 25.0 Å². The van der Waals surface area contributed by atoms with Gasteiger partial charge in [-0.15, -0.1) is 0 Å². The Balaban J connectivity index is 2.25. The number of carbonyl (C=O) groups excluding carboxylic acids is 9. The highest BCUT2D eigenvalue weighted by atomic mass is 16.3. The number of primary amides is 1. The van der Waals surface area contributed by atoms with Crippen molar-refractivity contribution >= 4 is 64.8 Å². The molecular weight excluding hydrogens is 955 g/mol. The highest BCUT2D eigenvalue weighted by Gasteiger charge is 2.38. The number of aromatic amines is 1. The fourth-order valence-corrected chi connectivity index (χ4v) is 7.41. The summed E-state index contributed by atoms with van der Waals surface area (Å²) in [5, 5.41) is 38.2. The summed E-state index contributed by atoms with van der Waals surface area (Å²) >= 11 is 0. The van der Waals surface area contributed by atoms with E-state index in [1.165, 1.54) is 30.4 Å². The molecule has 1 aliphatic rings. The molecule has 0 aromatic carbocycles. The van der Waals surface area contributed by atoms with E-state index in [4.69, 9.17) is 39.8 Å². The van der Waals surface area contributed by atoms with Gasteiger partial charge in [-0.3, -0.25) is 48.6 Å². The minimum absolute atomic E-state index is 0.0756. The number of hydrogen-bond donors (Lipinski definition) is 17. The first-order valence-electron chi connectivity index (χ1n) is 24.2. The van der Waals surface area contributed by atoms with Crippen molar-refractivity contribution in [3.63, 3.8) is 0 Å². The smallest absolute Gasteiger partial charge is 0.269 e. The van der Waals surface area contributed by atoms with Gasteiger partial charge in [-0.05, 0) is 97.8 Å². The molecule has 2 heterocycles. The van der Waals surface area contributed by atoms with Crippen LogP contribution >= 0.6 is 0 Å². The first-order chi connectivity index (χ1) is 34.8. The molecule has 408 valence electrons. The Hall–Kier alpha value is -6.92. The number of unbranched alkanes of at least 4 members (excludes halogenated alkanes) is 2. The summed E-state index contributed by atoms with van der Waals surface area (Å²) in [5.74, 6) is -7.63. The fraction of sp³-hybridized carbons (Fsp3) is 0.636. The molecule has 0 bridgehead atoms. The van der Waals surface area contributed by atoms with E-state index in [-0.39, 0.29) is 75.5 Å². The van der Waals surface area contributed by atoms with Crippen molar-refractivity contribution in [2.24, 2.45) is 39.4 Å².